The second kappa shape index (κ2) is 5.41. The fraction of sp³-hybridized carbons (Fsp3) is 1.00. The molecule has 0 N–H and O–H groups in total. The quantitative estimate of drug-likeness (QED) is 0.565. The van der Waals surface area contributed by atoms with Crippen molar-refractivity contribution in [2.75, 3.05) is 0 Å². The van der Waals surface area contributed by atoms with Crippen molar-refractivity contribution in [3.63, 3.8) is 0 Å². The van der Waals surface area contributed by atoms with Gasteiger partial charge in [0.15, 0.2) is 0 Å². The minimum atomic E-state index is 0.777. The molecule has 3 aliphatic carbocycles. The molecular formula is C19H34. The van der Waals surface area contributed by atoms with Crippen LogP contribution in [0.1, 0.15) is 85.0 Å². The van der Waals surface area contributed by atoms with E-state index in [9.17, 15) is 0 Å². The molecule has 0 radical (unpaired) electrons. The third-order valence-corrected chi connectivity index (χ3v) is 7.50. The number of fused-ring (bicyclic) bond motifs is 1. The van der Waals surface area contributed by atoms with Crippen molar-refractivity contribution >= 4 is 0 Å². The monoisotopic (exact) mass is 262 g/mol. The molecule has 3 rings (SSSR count). The Labute approximate surface area is 120 Å². The summed E-state index contributed by atoms with van der Waals surface area (Å²) in [7, 11) is 0. The first-order valence-electron chi connectivity index (χ1n) is 9.15. The standard InChI is InChI=1S/C19H34/c1-4-19-11-10-18(19)17(9-8-15(19)3)13-14(2)12-16-6-5-7-16/h14-18H,4-13H2,1-3H3. The predicted molar refractivity (Wildman–Crippen MR) is 83.1 cm³/mol. The van der Waals surface area contributed by atoms with Gasteiger partial charge < -0.3 is 0 Å². The van der Waals surface area contributed by atoms with Crippen LogP contribution in [0.2, 0.25) is 0 Å². The molecule has 0 aliphatic heterocycles. The zero-order valence-electron chi connectivity index (χ0n) is 13.5. The molecule has 0 saturated heterocycles. The minimum absolute atomic E-state index is 0.777. The van der Waals surface area contributed by atoms with E-state index in [1.165, 1.54) is 38.5 Å². The summed E-state index contributed by atoms with van der Waals surface area (Å²) in [6, 6.07) is 0. The molecule has 0 amide bonds. The highest BCUT2D eigenvalue weighted by molar-refractivity contribution is 5.03. The van der Waals surface area contributed by atoms with Crippen molar-refractivity contribution in [3.8, 4) is 0 Å². The van der Waals surface area contributed by atoms with Crippen LogP contribution in [0.3, 0.4) is 0 Å². The highest BCUT2D eigenvalue weighted by Crippen LogP contribution is 2.63. The van der Waals surface area contributed by atoms with Crippen LogP contribution in [0.4, 0.5) is 0 Å². The Bertz CT molecular complexity index is 299. The lowest BCUT2D eigenvalue weighted by atomic mass is 9.45. The van der Waals surface area contributed by atoms with Gasteiger partial charge >= 0.3 is 0 Å². The Morgan fingerprint density at radius 3 is 2.37 bits per heavy atom. The van der Waals surface area contributed by atoms with E-state index in [2.05, 4.69) is 20.8 Å². The Hall–Kier alpha value is 0. The van der Waals surface area contributed by atoms with E-state index in [-0.39, 0.29) is 0 Å². The molecular weight excluding hydrogens is 228 g/mol. The van der Waals surface area contributed by atoms with E-state index in [0.717, 1.165) is 35.0 Å². The predicted octanol–water partition coefficient (Wildman–Crippen LogP) is 6.06. The molecule has 19 heavy (non-hydrogen) atoms. The van der Waals surface area contributed by atoms with Crippen LogP contribution in [-0.4, -0.2) is 0 Å². The van der Waals surface area contributed by atoms with Gasteiger partial charge in [0.05, 0.1) is 0 Å². The molecule has 0 spiro atoms. The lowest BCUT2D eigenvalue weighted by molar-refractivity contribution is -0.105. The van der Waals surface area contributed by atoms with Crippen molar-refractivity contribution in [3.05, 3.63) is 0 Å². The second-order valence-electron chi connectivity index (χ2n) is 8.34. The van der Waals surface area contributed by atoms with Crippen molar-refractivity contribution in [2.45, 2.75) is 85.0 Å². The van der Waals surface area contributed by atoms with Crippen molar-refractivity contribution in [1.29, 1.82) is 0 Å². The third-order valence-electron chi connectivity index (χ3n) is 7.50. The molecule has 5 atom stereocenters. The Morgan fingerprint density at radius 1 is 1.05 bits per heavy atom. The van der Waals surface area contributed by atoms with Gasteiger partial charge in [-0.3, -0.25) is 0 Å². The molecule has 0 heteroatoms. The van der Waals surface area contributed by atoms with Crippen LogP contribution < -0.4 is 0 Å². The summed E-state index contributed by atoms with van der Waals surface area (Å²) in [5.41, 5.74) is 0.777. The average Bonchev–Trinajstić information content (AvgIpc) is 2.29. The van der Waals surface area contributed by atoms with Crippen LogP contribution in [0.25, 0.3) is 0 Å². The highest BCUT2D eigenvalue weighted by Gasteiger charge is 2.54. The molecule has 0 aromatic heterocycles. The Kier molecular flexibility index (Phi) is 3.98. The Balaban J connectivity index is 1.56. The summed E-state index contributed by atoms with van der Waals surface area (Å²) >= 11 is 0. The van der Waals surface area contributed by atoms with E-state index in [1.807, 2.05) is 0 Å². The first-order valence-corrected chi connectivity index (χ1v) is 9.15. The highest BCUT2D eigenvalue weighted by atomic mass is 14.6. The van der Waals surface area contributed by atoms with Crippen LogP contribution >= 0.6 is 0 Å². The SMILES string of the molecule is CCC12CCC1C(CC(C)CC1CCC1)CCC2C. The summed E-state index contributed by atoms with van der Waals surface area (Å²) in [5.74, 6) is 5.30. The second-order valence-corrected chi connectivity index (χ2v) is 8.34. The first-order chi connectivity index (χ1) is 9.15. The average molecular weight is 262 g/mol. The van der Waals surface area contributed by atoms with Crippen LogP contribution in [0, 0.1) is 35.0 Å². The molecule has 5 unspecified atom stereocenters. The third kappa shape index (κ3) is 2.38. The molecule has 0 aromatic rings. The number of rotatable bonds is 5. The van der Waals surface area contributed by atoms with E-state index in [1.54, 1.807) is 25.7 Å². The van der Waals surface area contributed by atoms with E-state index in [0.29, 0.717) is 0 Å². The van der Waals surface area contributed by atoms with Gasteiger partial charge in [-0.25, -0.2) is 0 Å². The summed E-state index contributed by atoms with van der Waals surface area (Å²) in [4.78, 5) is 0. The molecule has 3 aliphatic rings. The summed E-state index contributed by atoms with van der Waals surface area (Å²) in [5, 5.41) is 0. The van der Waals surface area contributed by atoms with Crippen LogP contribution in [-0.2, 0) is 0 Å². The van der Waals surface area contributed by atoms with Crippen LogP contribution in [0.15, 0.2) is 0 Å². The van der Waals surface area contributed by atoms with E-state index in [4.69, 9.17) is 0 Å². The van der Waals surface area contributed by atoms with Gasteiger partial charge in [-0.05, 0) is 80.0 Å². The first kappa shape index (κ1) is 14.0. The summed E-state index contributed by atoms with van der Waals surface area (Å²) in [6.45, 7) is 7.55. The zero-order chi connectivity index (χ0) is 13.5. The van der Waals surface area contributed by atoms with E-state index >= 15 is 0 Å². The molecule has 3 fully saturated rings. The van der Waals surface area contributed by atoms with Gasteiger partial charge in [0, 0.05) is 0 Å². The molecule has 3 saturated carbocycles. The molecule has 0 bridgehead atoms. The minimum Gasteiger partial charge on any atom is -0.0648 e. The molecule has 0 aromatic carbocycles. The van der Waals surface area contributed by atoms with Gasteiger partial charge in [0.1, 0.15) is 0 Å². The van der Waals surface area contributed by atoms with Gasteiger partial charge in [-0.2, -0.15) is 0 Å². The van der Waals surface area contributed by atoms with E-state index < -0.39 is 0 Å². The maximum Gasteiger partial charge on any atom is -0.0243 e. The fourth-order valence-electron chi connectivity index (χ4n) is 5.93. The van der Waals surface area contributed by atoms with Crippen molar-refractivity contribution < 1.29 is 0 Å². The smallest absolute Gasteiger partial charge is 0.0243 e. The summed E-state index contributed by atoms with van der Waals surface area (Å²) in [6.07, 6.45) is 15.3. The summed E-state index contributed by atoms with van der Waals surface area (Å²) < 4.78 is 0. The Morgan fingerprint density at radius 2 is 1.84 bits per heavy atom. The van der Waals surface area contributed by atoms with Crippen LogP contribution in [0.5, 0.6) is 0 Å². The fourth-order valence-corrected chi connectivity index (χ4v) is 5.93. The van der Waals surface area contributed by atoms with Crippen molar-refractivity contribution in [2.24, 2.45) is 35.0 Å². The molecule has 110 valence electrons. The lowest BCUT2D eigenvalue weighted by Gasteiger charge is -2.60. The van der Waals surface area contributed by atoms with Gasteiger partial charge in [0.2, 0.25) is 0 Å². The molecule has 0 nitrogen and oxygen atoms in total. The largest absolute Gasteiger partial charge is 0.0648 e. The van der Waals surface area contributed by atoms with Crippen molar-refractivity contribution in [1.82, 2.24) is 0 Å². The lowest BCUT2D eigenvalue weighted by Crippen LogP contribution is -2.51. The van der Waals surface area contributed by atoms with Gasteiger partial charge in [-0.15, -0.1) is 0 Å². The molecule has 0 heterocycles. The number of hydrogen-bond acceptors (Lipinski definition) is 0. The van der Waals surface area contributed by atoms with Gasteiger partial charge in [-0.1, -0.05) is 40.0 Å². The maximum atomic E-state index is 2.55. The topological polar surface area (TPSA) is 0 Å². The van der Waals surface area contributed by atoms with Gasteiger partial charge in [0.25, 0.3) is 0 Å². The maximum absolute atomic E-state index is 2.55. The number of hydrogen-bond donors (Lipinski definition) is 0. The zero-order valence-corrected chi connectivity index (χ0v) is 13.5. The normalized spacial score (nSPS) is 44.1.